The van der Waals surface area contributed by atoms with Crippen LogP contribution in [-0.4, -0.2) is 13.0 Å². The molecular formula is C4H2Cl2O3S2. The average molecular weight is 233 g/mol. The summed E-state index contributed by atoms with van der Waals surface area (Å²) in [5.41, 5.74) is 0. The van der Waals surface area contributed by atoms with E-state index in [0.717, 1.165) is 11.3 Å². The molecule has 0 spiro atoms. The van der Waals surface area contributed by atoms with Crippen molar-refractivity contribution in [2.75, 3.05) is 0 Å². The number of halogens is 2. The minimum absolute atomic E-state index is 0.0301. The van der Waals surface area contributed by atoms with Crippen LogP contribution >= 0.6 is 34.5 Å². The van der Waals surface area contributed by atoms with Gasteiger partial charge in [-0.2, -0.15) is 8.42 Å². The lowest BCUT2D eigenvalue weighted by Gasteiger charge is -1.92. The third kappa shape index (κ3) is 1.86. The van der Waals surface area contributed by atoms with Crippen molar-refractivity contribution in [3.05, 3.63) is 14.7 Å². The first-order chi connectivity index (χ1) is 4.93. The highest BCUT2D eigenvalue weighted by atomic mass is 35.5. The fraction of sp³-hybridized carbons (Fsp3) is 0. The van der Waals surface area contributed by atoms with E-state index in [4.69, 9.17) is 27.8 Å². The van der Waals surface area contributed by atoms with Gasteiger partial charge in [-0.1, -0.05) is 23.2 Å². The van der Waals surface area contributed by atoms with Gasteiger partial charge >= 0.3 is 0 Å². The largest absolute Gasteiger partial charge is 0.298 e. The summed E-state index contributed by atoms with van der Waals surface area (Å²) < 4.78 is 29.6. The van der Waals surface area contributed by atoms with E-state index < -0.39 is 15.0 Å². The monoisotopic (exact) mass is 232 g/mol. The molecule has 0 radical (unpaired) electrons. The quantitative estimate of drug-likeness (QED) is 0.757. The van der Waals surface area contributed by atoms with Crippen LogP contribution in [0.2, 0.25) is 9.36 Å². The van der Waals surface area contributed by atoms with E-state index in [1.165, 1.54) is 5.38 Å². The van der Waals surface area contributed by atoms with Crippen molar-refractivity contribution in [3.63, 3.8) is 0 Å². The minimum Gasteiger partial charge on any atom is -0.282 e. The summed E-state index contributed by atoms with van der Waals surface area (Å²) in [5, 5.41) is 1.29. The summed E-state index contributed by atoms with van der Waals surface area (Å²) in [6, 6.07) is 0. The Morgan fingerprint density at radius 2 is 2.00 bits per heavy atom. The SMILES string of the molecule is O=S(=O)(O)c1c(Cl)csc1Cl. The summed E-state index contributed by atoms with van der Waals surface area (Å²) in [4.78, 5) is -0.411. The number of thiophene rings is 1. The van der Waals surface area contributed by atoms with Crippen LogP contribution in [0.1, 0.15) is 0 Å². The highest BCUT2D eigenvalue weighted by molar-refractivity contribution is 7.86. The lowest BCUT2D eigenvalue weighted by atomic mass is 10.7. The normalized spacial score (nSPS) is 11.9. The first kappa shape index (κ1) is 9.28. The smallest absolute Gasteiger partial charge is 0.282 e. The third-order valence-corrected chi connectivity index (χ3v) is 3.86. The zero-order chi connectivity index (χ0) is 8.65. The van der Waals surface area contributed by atoms with Crippen molar-refractivity contribution in [1.82, 2.24) is 0 Å². The molecular weight excluding hydrogens is 231 g/mol. The van der Waals surface area contributed by atoms with E-state index in [1.54, 1.807) is 0 Å². The second kappa shape index (κ2) is 2.91. The van der Waals surface area contributed by atoms with Crippen LogP contribution in [0.5, 0.6) is 0 Å². The number of rotatable bonds is 1. The topological polar surface area (TPSA) is 54.4 Å². The molecule has 0 saturated heterocycles. The van der Waals surface area contributed by atoms with Crippen LogP contribution in [-0.2, 0) is 10.1 Å². The van der Waals surface area contributed by atoms with Crippen molar-refractivity contribution >= 4 is 44.7 Å². The molecule has 1 aromatic rings. The van der Waals surface area contributed by atoms with Crippen LogP contribution in [0, 0.1) is 0 Å². The molecule has 1 rings (SSSR count). The van der Waals surface area contributed by atoms with Gasteiger partial charge in [-0.3, -0.25) is 4.55 Å². The van der Waals surface area contributed by atoms with E-state index in [-0.39, 0.29) is 9.36 Å². The van der Waals surface area contributed by atoms with Gasteiger partial charge in [0.15, 0.2) is 0 Å². The average Bonchev–Trinajstić information content (AvgIpc) is 2.08. The lowest BCUT2D eigenvalue weighted by Crippen LogP contribution is -1.96. The molecule has 1 aromatic heterocycles. The molecule has 0 aliphatic rings. The molecule has 11 heavy (non-hydrogen) atoms. The van der Waals surface area contributed by atoms with Crippen LogP contribution in [0.3, 0.4) is 0 Å². The molecule has 0 aliphatic heterocycles. The maximum atomic E-state index is 10.5. The Labute approximate surface area is 77.3 Å². The predicted molar refractivity (Wildman–Crippen MR) is 44.2 cm³/mol. The van der Waals surface area contributed by atoms with Crippen LogP contribution in [0.25, 0.3) is 0 Å². The van der Waals surface area contributed by atoms with Gasteiger partial charge in [-0.15, -0.1) is 11.3 Å². The fourth-order valence-electron chi connectivity index (χ4n) is 0.529. The summed E-state index contributed by atoms with van der Waals surface area (Å²) >= 11 is 11.8. The van der Waals surface area contributed by atoms with E-state index in [0.29, 0.717) is 0 Å². The zero-order valence-corrected chi connectivity index (χ0v) is 8.06. The van der Waals surface area contributed by atoms with Crippen molar-refractivity contribution in [1.29, 1.82) is 0 Å². The molecule has 62 valence electrons. The number of hydrogen-bond acceptors (Lipinski definition) is 3. The minimum atomic E-state index is -4.27. The molecule has 0 aliphatic carbocycles. The van der Waals surface area contributed by atoms with Crippen LogP contribution in [0.15, 0.2) is 10.3 Å². The predicted octanol–water partition coefficient (Wildman–Crippen LogP) is 2.30. The molecule has 0 fully saturated rings. The summed E-state index contributed by atoms with van der Waals surface area (Å²) in [6.07, 6.45) is 0. The Morgan fingerprint density at radius 1 is 1.45 bits per heavy atom. The fourth-order valence-corrected chi connectivity index (χ4v) is 3.27. The van der Waals surface area contributed by atoms with Gasteiger partial charge in [0.25, 0.3) is 10.1 Å². The summed E-state index contributed by atoms with van der Waals surface area (Å²) in [6.45, 7) is 0. The summed E-state index contributed by atoms with van der Waals surface area (Å²) in [7, 11) is -4.27. The van der Waals surface area contributed by atoms with Crippen molar-refractivity contribution in [2.45, 2.75) is 4.90 Å². The van der Waals surface area contributed by atoms with Gasteiger partial charge in [0.2, 0.25) is 0 Å². The molecule has 3 nitrogen and oxygen atoms in total. The first-order valence-corrected chi connectivity index (χ1v) is 5.40. The highest BCUT2D eigenvalue weighted by Crippen LogP contribution is 2.34. The number of hydrogen-bond donors (Lipinski definition) is 1. The Bertz CT molecular complexity index is 347. The molecule has 0 amide bonds. The highest BCUT2D eigenvalue weighted by Gasteiger charge is 2.20. The first-order valence-electron chi connectivity index (χ1n) is 2.33. The molecule has 0 unspecified atom stereocenters. The third-order valence-electron chi connectivity index (χ3n) is 0.919. The van der Waals surface area contributed by atoms with E-state index in [1.807, 2.05) is 0 Å². The molecule has 1 heterocycles. The molecule has 0 saturated carbocycles. The Morgan fingerprint density at radius 3 is 2.18 bits per heavy atom. The van der Waals surface area contributed by atoms with Gasteiger partial charge in [0.1, 0.15) is 9.23 Å². The van der Waals surface area contributed by atoms with E-state index in [2.05, 4.69) is 0 Å². The van der Waals surface area contributed by atoms with E-state index in [9.17, 15) is 8.42 Å². The molecule has 0 aromatic carbocycles. The van der Waals surface area contributed by atoms with Crippen molar-refractivity contribution in [2.24, 2.45) is 0 Å². The van der Waals surface area contributed by atoms with Gasteiger partial charge in [-0.25, -0.2) is 0 Å². The van der Waals surface area contributed by atoms with Crippen molar-refractivity contribution in [3.8, 4) is 0 Å². The standard InChI is InChI=1S/C4H2Cl2O3S2/c5-2-1-10-4(6)3(2)11(7,8)9/h1H,(H,7,8,9). The van der Waals surface area contributed by atoms with E-state index >= 15 is 0 Å². The second-order valence-electron chi connectivity index (χ2n) is 1.66. The maximum Gasteiger partial charge on any atom is 0.298 e. The molecule has 0 bridgehead atoms. The summed E-state index contributed by atoms with van der Waals surface area (Å²) in [5.74, 6) is 0. The van der Waals surface area contributed by atoms with Crippen LogP contribution < -0.4 is 0 Å². The second-order valence-corrected chi connectivity index (χ2v) is 4.91. The maximum absolute atomic E-state index is 10.5. The Hall–Kier alpha value is 0.190. The van der Waals surface area contributed by atoms with Gasteiger partial charge < -0.3 is 0 Å². The van der Waals surface area contributed by atoms with Gasteiger partial charge in [-0.05, 0) is 0 Å². The molecule has 1 N–H and O–H groups in total. The lowest BCUT2D eigenvalue weighted by molar-refractivity contribution is 0.483. The van der Waals surface area contributed by atoms with Crippen molar-refractivity contribution < 1.29 is 13.0 Å². The molecule has 7 heteroatoms. The Balaban J connectivity index is 3.45. The van der Waals surface area contributed by atoms with Gasteiger partial charge in [0, 0.05) is 5.38 Å². The zero-order valence-electron chi connectivity index (χ0n) is 4.91. The molecule has 0 atom stereocenters. The van der Waals surface area contributed by atoms with Gasteiger partial charge in [0.05, 0.1) is 5.02 Å². The van der Waals surface area contributed by atoms with Crippen LogP contribution in [0.4, 0.5) is 0 Å². The Kier molecular flexibility index (Phi) is 2.46.